The first kappa shape index (κ1) is 20.8. The lowest BCUT2D eigenvalue weighted by Crippen LogP contribution is -2.44. The third-order valence-electron chi connectivity index (χ3n) is 4.44. The summed E-state index contributed by atoms with van der Waals surface area (Å²) in [6.45, 7) is 7.86. The second kappa shape index (κ2) is 9.40. The van der Waals surface area contributed by atoms with E-state index >= 15 is 0 Å². The minimum absolute atomic E-state index is 0.00207. The first-order valence-corrected chi connectivity index (χ1v) is 9.76. The van der Waals surface area contributed by atoms with Gasteiger partial charge in [0.05, 0.1) is 5.75 Å². The van der Waals surface area contributed by atoms with E-state index in [2.05, 4.69) is 20.5 Å². The van der Waals surface area contributed by atoms with E-state index in [0.29, 0.717) is 5.16 Å². The van der Waals surface area contributed by atoms with Crippen molar-refractivity contribution >= 4 is 35.2 Å². The highest BCUT2D eigenvalue weighted by Gasteiger charge is 2.22. The Hall–Kier alpha value is -2.55. The van der Waals surface area contributed by atoms with Gasteiger partial charge in [-0.1, -0.05) is 30.8 Å². The summed E-state index contributed by atoms with van der Waals surface area (Å²) in [5.74, 6) is -0.0202. The molecule has 146 valence electrons. The number of aromatic amines is 1. The number of H-pyrrole nitrogens is 1. The molecule has 2 aromatic rings. The van der Waals surface area contributed by atoms with Crippen molar-refractivity contribution in [3.8, 4) is 0 Å². The number of aromatic nitrogens is 3. The maximum atomic E-state index is 12.7. The summed E-state index contributed by atoms with van der Waals surface area (Å²) in [4.78, 5) is 30.7. The number of hydrogen-bond donors (Lipinski definition) is 3. The molecular formula is C18H26N6O2S. The number of thioether (sulfide) groups is 1. The van der Waals surface area contributed by atoms with E-state index in [4.69, 9.17) is 5.73 Å². The zero-order valence-electron chi connectivity index (χ0n) is 16.1. The van der Waals surface area contributed by atoms with Crippen LogP contribution in [0.1, 0.15) is 31.4 Å². The van der Waals surface area contributed by atoms with Gasteiger partial charge in [0.2, 0.25) is 22.9 Å². The second-order valence-corrected chi connectivity index (χ2v) is 7.31. The van der Waals surface area contributed by atoms with Crippen LogP contribution in [0.3, 0.4) is 0 Å². The zero-order chi connectivity index (χ0) is 20.0. The summed E-state index contributed by atoms with van der Waals surface area (Å²) in [5.41, 5.74) is 8.37. The van der Waals surface area contributed by atoms with Crippen molar-refractivity contribution in [3.63, 3.8) is 0 Å². The molecule has 0 radical (unpaired) electrons. The number of hydrogen-bond acceptors (Lipinski definition) is 6. The fraction of sp³-hybridized carbons (Fsp3) is 0.444. The number of nitrogens with zero attached hydrogens (tertiary/aromatic N) is 3. The lowest BCUT2D eigenvalue weighted by molar-refractivity contribution is -0.134. The molecule has 0 unspecified atom stereocenters. The topological polar surface area (TPSA) is 117 Å². The Bertz CT molecular complexity index is 807. The van der Waals surface area contributed by atoms with Gasteiger partial charge in [-0.05, 0) is 44.4 Å². The number of amides is 2. The van der Waals surface area contributed by atoms with Crippen molar-refractivity contribution in [2.45, 2.75) is 45.3 Å². The summed E-state index contributed by atoms with van der Waals surface area (Å²) in [6.07, 6.45) is 0.751. The lowest BCUT2D eigenvalue weighted by Gasteiger charge is -2.28. The highest BCUT2D eigenvalue weighted by Crippen LogP contribution is 2.19. The van der Waals surface area contributed by atoms with Crippen LogP contribution in [0.2, 0.25) is 0 Å². The Morgan fingerprint density at radius 3 is 2.74 bits per heavy atom. The van der Waals surface area contributed by atoms with Crippen LogP contribution in [-0.4, -0.2) is 50.2 Å². The van der Waals surface area contributed by atoms with E-state index in [1.54, 1.807) is 4.90 Å². The molecule has 8 nitrogen and oxygen atoms in total. The summed E-state index contributed by atoms with van der Waals surface area (Å²) < 4.78 is 0. The van der Waals surface area contributed by atoms with Crippen LogP contribution in [-0.2, 0) is 9.59 Å². The Morgan fingerprint density at radius 1 is 1.37 bits per heavy atom. The molecule has 0 saturated carbocycles. The minimum Gasteiger partial charge on any atom is -0.368 e. The molecule has 4 N–H and O–H groups in total. The van der Waals surface area contributed by atoms with E-state index in [9.17, 15) is 9.59 Å². The lowest BCUT2D eigenvalue weighted by atomic mass is 10.1. The van der Waals surface area contributed by atoms with Crippen molar-refractivity contribution in [2.75, 3.05) is 23.3 Å². The molecule has 1 atom stereocenters. The number of nitrogen functional groups attached to an aromatic ring is 1. The molecule has 1 aromatic carbocycles. The SMILES string of the molecule is CC[C@H](C)N(CC(=O)Nc1cccc(C)c1C)C(=O)CSc1n[nH]c(N)n1. The fourth-order valence-electron chi connectivity index (χ4n) is 2.47. The van der Waals surface area contributed by atoms with Crippen LogP contribution < -0.4 is 11.1 Å². The summed E-state index contributed by atoms with van der Waals surface area (Å²) >= 11 is 1.18. The fourth-order valence-corrected chi connectivity index (χ4v) is 3.16. The van der Waals surface area contributed by atoms with Crippen LogP contribution in [0.25, 0.3) is 0 Å². The number of nitrogens with one attached hydrogen (secondary N) is 2. The average Bonchev–Trinajstić information content (AvgIpc) is 3.06. The van der Waals surface area contributed by atoms with Crippen molar-refractivity contribution in [1.29, 1.82) is 0 Å². The number of rotatable bonds is 8. The number of benzene rings is 1. The molecule has 0 bridgehead atoms. The first-order chi connectivity index (χ1) is 12.8. The van der Waals surface area contributed by atoms with Crippen molar-refractivity contribution < 1.29 is 9.59 Å². The molecule has 0 spiro atoms. The highest BCUT2D eigenvalue weighted by molar-refractivity contribution is 7.99. The molecule has 27 heavy (non-hydrogen) atoms. The van der Waals surface area contributed by atoms with Gasteiger partial charge < -0.3 is 16.0 Å². The maximum Gasteiger partial charge on any atom is 0.244 e. The van der Waals surface area contributed by atoms with E-state index in [-0.39, 0.29) is 36.1 Å². The summed E-state index contributed by atoms with van der Waals surface area (Å²) in [6, 6.07) is 5.70. The molecule has 1 aromatic heterocycles. The van der Waals surface area contributed by atoms with E-state index in [1.165, 1.54) is 11.8 Å². The number of aryl methyl sites for hydroxylation is 1. The van der Waals surface area contributed by atoms with Crippen molar-refractivity contribution in [2.24, 2.45) is 0 Å². The monoisotopic (exact) mass is 390 g/mol. The molecule has 0 aliphatic rings. The number of carbonyl (C=O) groups is 2. The van der Waals surface area contributed by atoms with Gasteiger partial charge in [-0.15, -0.1) is 5.10 Å². The molecule has 0 saturated heterocycles. The molecule has 0 aliphatic heterocycles. The maximum absolute atomic E-state index is 12.7. The van der Waals surface area contributed by atoms with Gasteiger partial charge in [-0.25, -0.2) is 5.10 Å². The minimum atomic E-state index is -0.218. The molecule has 1 heterocycles. The highest BCUT2D eigenvalue weighted by atomic mass is 32.2. The van der Waals surface area contributed by atoms with Crippen molar-refractivity contribution in [3.05, 3.63) is 29.3 Å². The van der Waals surface area contributed by atoms with Crippen LogP contribution in [0.4, 0.5) is 11.6 Å². The van der Waals surface area contributed by atoms with Crippen LogP contribution in [0.5, 0.6) is 0 Å². The quantitative estimate of drug-likeness (QED) is 0.596. The molecule has 9 heteroatoms. The van der Waals surface area contributed by atoms with E-state index < -0.39 is 0 Å². The van der Waals surface area contributed by atoms with E-state index in [0.717, 1.165) is 23.2 Å². The molecule has 0 aliphatic carbocycles. The van der Waals surface area contributed by atoms with Gasteiger partial charge >= 0.3 is 0 Å². The summed E-state index contributed by atoms with van der Waals surface area (Å²) in [7, 11) is 0. The first-order valence-electron chi connectivity index (χ1n) is 8.78. The predicted octanol–water partition coefficient (Wildman–Crippen LogP) is 2.36. The molecule has 2 rings (SSSR count). The van der Waals surface area contributed by atoms with Crippen molar-refractivity contribution in [1.82, 2.24) is 20.1 Å². The largest absolute Gasteiger partial charge is 0.368 e. The molecular weight excluding hydrogens is 364 g/mol. The number of carbonyl (C=O) groups excluding carboxylic acids is 2. The normalized spacial score (nSPS) is 11.9. The third-order valence-corrected chi connectivity index (χ3v) is 5.27. The standard InChI is InChI=1S/C18H26N6O2S/c1-5-12(3)24(16(26)10-27-18-21-17(19)22-23-18)9-15(25)20-14-8-6-7-11(2)13(14)4/h6-8,12H,5,9-10H2,1-4H3,(H,20,25)(H3,19,21,22,23)/t12-/m0/s1. The van der Waals surface area contributed by atoms with Crippen LogP contribution in [0, 0.1) is 13.8 Å². The van der Waals surface area contributed by atoms with Gasteiger partial charge in [0.25, 0.3) is 0 Å². The van der Waals surface area contributed by atoms with Gasteiger partial charge in [0, 0.05) is 11.7 Å². The Kier molecular flexibility index (Phi) is 7.23. The van der Waals surface area contributed by atoms with Crippen LogP contribution >= 0.6 is 11.8 Å². The van der Waals surface area contributed by atoms with Gasteiger partial charge in [-0.3, -0.25) is 9.59 Å². The van der Waals surface area contributed by atoms with Crippen LogP contribution in [0.15, 0.2) is 23.4 Å². The smallest absolute Gasteiger partial charge is 0.244 e. The Labute approximate surface area is 163 Å². The third kappa shape index (κ3) is 5.72. The number of nitrogens with two attached hydrogens (primary N) is 1. The molecule has 0 fully saturated rings. The Morgan fingerprint density at radius 2 is 2.11 bits per heavy atom. The Balaban J connectivity index is 2.01. The second-order valence-electron chi connectivity index (χ2n) is 6.37. The summed E-state index contributed by atoms with van der Waals surface area (Å²) in [5, 5.41) is 9.74. The van der Waals surface area contributed by atoms with Gasteiger partial charge in [0.1, 0.15) is 6.54 Å². The van der Waals surface area contributed by atoms with E-state index in [1.807, 2.05) is 45.9 Å². The zero-order valence-corrected chi connectivity index (χ0v) is 16.9. The van der Waals surface area contributed by atoms with Gasteiger partial charge in [0.15, 0.2) is 0 Å². The average molecular weight is 391 g/mol. The van der Waals surface area contributed by atoms with Gasteiger partial charge in [-0.2, -0.15) is 4.98 Å². The predicted molar refractivity (Wildman–Crippen MR) is 108 cm³/mol. The molecule has 2 amide bonds. The number of anilines is 2.